The molecule has 5 heteroatoms. The zero-order valence-corrected chi connectivity index (χ0v) is 12.0. The Kier molecular flexibility index (Phi) is 4.47. The van der Waals surface area contributed by atoms with Crippen molar-refractivity contribution < 1.29 is 4.39 Å². The van der Waals surface area contributed by atoms with E-state index in [4.69, 9.17) is 5.73 Å². The number of hydrogen-bond donors (Lipinski definition) is 1. The molecule has 0 radical (unpaired) electrons. The van der Waals surface area contributed by atoms with Crippen LogP contribution in [0.15, 0.2) is 35.4 Å². The van der Waals surface area contributed by atoms with E-state index in [2.05, 4.69) is 18.9 Å². The molecule has 2 N–H and O–H groups in total. The van der Waals surface area contributed by atoms with Gasteiger partial charge in [-0.3, -0.25) is 4.68 Å². The summed E-state index contributed by atoms with van der Waals surface area (Å²) in [5, 5.41) is 4.49. The third kappa shape index (κ3) is 3.50. The van der Waals surface area contributed by atoms with E-state index in [1.807, 2.05) is 16.9 Å². The lowest BCUT2D eigenvalue weighted by atomic mass is 10.3. The highest BCUT2D eigenvalue weighted by molar-refractivity contribution is 7.98. The molecule has 0 saturated heterocycles. The average molecular weight is 279 g/mol. The minimum absolute atomic E-state index is 0.272. The van der Waals surface area contributed by atoms with Crippen LogP contribution in [-0.4, -0.2) is 9.78 Å². The van der Waals surface area contributed by atoms with Gasteiger partial charge in [-0.2, -0.15) is 5.10 Å². The summed E-state index contributed by atoms with van der Waals surface area (Å²) in [7, 11) is 0. The molecule has 0 aliphatic rings. The van der Waals surface area contributed by atoms with Crippen LogP contribution in [0.3, 0.4) is 0 Å². The second-order valence-electron chi connectivity index (χ2n) is 4.52. The van der Waals surface area contributed by atoms with E-state index < -0.39 is 0 Å². The molecule has 0 saturated carbocycles. The van der Waals surface area contributed by atoms with Crippen molar-refractivity contribution in [1.29, 1.82) is 0 Å². The minimum Gasteiger partial charge on any atom is -0.399 e. The van der Waals surface area contributed by atoms with Crippen LogP contribution in [0.25, 0.3) is 0 Å². The predicted octanol–water partition coefficient (Wildman–Crippen LogP) is 3.87. The Morgan fingerprint density at radius 2 is 2.21 bits per heavy atom. The number of rotatable bonds is 5. The summed E-state index contributed by atoms with van der Waals surface area (Å²) in [6.07, 6.45) is 3.02. The molecule has 0 amide bonds. The number of halogens is 1. The molecule has 1 atom stereocenters. The topological polar surface area (TPSA) is 43.8 Å². The van der Waals surface area contributed by atoms with Crippen molar-refractivity contribution in [2.75, 3.05) is 5.73 Å². The molecule has 1 aromatic carbocycles. The molecule has 0 fully saturated rings. The van der Waals surface area contributed by atoms with Crippen molar-refractivity contribution in [3.8, 4) is 0 Å². The van der Waals surface area contributed by atoms with Gasteiger partial charge in [-0.15, -0.1) is 11.8 Å². The first-order valence-electron chi connectivity index (χ1n) is 6.32. The summed E-state index contributed by atoms with van der Waals surface area (Å²) in [6, 6.07) is 7.14. The van der Waals surface area contributed by atoms with Gasteiger partial charge in [0.2, 0.25) is 0 Å². The summed E-state index contributed by atoms with van der Waals surface area (Å²) < 4.78 is 15.6. The van der Waals surface area contributed by atoms with E-state index in [-0.39, 0.29) is 5.82 Å². The number of nitrogen functional groups attached to an aromatic ring is 1. The Labute approximate surface area is 117 Å². The largest absolute Gasteiger partial charge is 0.399 e. The molecular formula is C14H18FN3S. The predicted molar refractivity (Wildman–Crippen MR) is 77.6 cm³/mol. The van der Waals surface area contributed by atoms with Gasteiger partial charge in [-0.05, 0) is 37.6 Å². The van der Waals surface area contributed by atoms with E-state index in [0.717, 1.165) is 12.1 Å². The van der Waals surface area contributed by atoms with E-state index in [1.54, 1.807) is 12.1 Å². The zero-order chi connectivity index (χ0) is 13.8. The molecule has 2 aromatic rings. The standard InChI is InChI=1S/C14H18FN3S/c1-3-10(2)18-7-6-12(17-18)9-19-14-5-4-11(16)8-13(14)15/h4-8,10H,3,9,16H2,1-2H3. The van der Waals surface area contributed by atoms with E-state index in [0.29, 0.717) is 22.4 Å². The maximum atomic E-state index is 13.6. The summed E-state index contributed by atoms with van der Waals surface area (Å²) in [4.78, 5) is 0.604. The summed E-state index contributed by atoms with van der Waals surface area (Å²) in [5.41, 5.74) is 6.93. The lowest BCUT2D eigenvalue weighted by molar-refractivity contribution is 0.475. The van der Waals surface area contributed by atoms with Crippen LogP contribution < -0.4 is 5.73 Å². The first kappa shape index (κ1) is 13.9. The van der Waals surface area contributed by atoms with Gasteiger partial charge in [-0.25, -0.2) is 4.39 Å². The number of aromatic nitrogens is 2. The van der Waals surface area contributed by atoms with Crippen LogP contribution in [0, 0.1) is 5.82 Å². The molecule has 1 unspecified atom stereocenters. The highest BCUT2D eigenvalue weighted by Gasteiger charge is 2.07. The van der Waals surface area contributed by atoms with Gasteiger partial charge in [-0.1, -0.05) is 6.92 Å². The van der Waals surface area contributed by atoms with Gasteiger partial charge in [0.25, 0.3) is 0 Å². The average Bonchev–Trinajstić information content (AvgIpc) is 2.85. The smallest absolute Gasteiger partial charge is 0.138 e. The monoisotopic (exact) mass is 279 g/mol. The highest BCUT2D eigenvalue weighted by Crippen LogP contribution is 2.26. The van der Waals surface area contributed by atoms with Gasteiger partial charge >= 0.3 is 0 Å². The van der Waals surface area contributed by atoms with Crippen molar-refractivity contribution in [1.82, 2.24) is 9.78 Å². The first-order chi connectivity index (χ1) is 9.10. The Morgan fingerprint density at radius 3 is 2.89 bits per heavy atom. The molecule has 0 bridgehead atoms. The number of thioether (sulfide) groups is 1. The third-order valence-corrected chi connectivity index (χ3v) is 4.12. The van der Waals surface area contributed by atoms with Gasteiger partial charge in [0.05, 0.1) is 5.69 Å². The maximum Gasteiger partial charge on any atom is 0.138 e. The van der Waals surface area contributed by atoms with Crippen LogP contribution >= 0.6 is 11.8 Å². The van der Waals surface area contributed by atoms with E-state index >= 15 is 0 Å². The van der Waals surface area contributed by atoms with Gasteiger partial charge in [0.15, 0.2) is 0 Å². The quantitative estimate of drug-likeness (QED) is 0.667. The number of nitrogens with zero attached hydrogens (tertiary/aromatic N) is 2. The van der Waals surface area contributed by atoms with Crippen LogP contribution in [0.2, 0.25) is 0 Å². The molecule has 0 spiro atoms. The minimum atomic E-state index is -0.272. The molecule has 102 valence electrons. The van der Waals surface area contributed by atoms with Gasteiger partial charge < -0.3 is 5.73 Å². The summed E-state index contributed by atoms with van der Waals surface area (Å²) in [5.74, 6) is 0.385. The molecule has 3 nitrogen and oxygen atoms in total. The Morgan fingerprint density at radius 1 is 1.42 bits per heavy atom. The van der Waals surface area contributed by atoms with E-state index in [9.17, 15) is 4.39 Å². The lowest BCUT2D eigenvalue weighted by Crippen LogP contribution is -2.04. The molecule has 1 heterocycles. The number of nitrogens with two attached hydrogens (primary N) is 1. The molecule has 1 aromatic heterocycles. The molecule has 0 aliphatic carbocycles. The fourth-order valence-electron chi connectivity index (χ4n) is 1.67. The van der Waals surface area contributed by atoms with Crippen LogP contribution in [0.1, 0.15) is 32.0 Å². The van der Waals surface area contributed by atoms with E-state index in [1.165, 1.54) is 17.8 Å². The van der Waals surface area contributed by atoms with Crippen LogP contribution in [0.5, 0.6) is 0 Å². The first-order valence-corrected chi connectivity index (χ1v) is 7.30. The van der Waals surface area contributed by atoms with Crippen molar-refractivity contribution in [3.63, 3.8) is 0 Å². The van der Waals surface area contributed by atoms with Gasteiger partial charge in [0, 0.05) is 28.6 Å². The van der Waals surface area contributed by atoms with Gasteiger partial charge in [0.1, 0.15) is 5.82 Å². The molecule has 19 heavy (non-hydrogen) atoms. The van der Waals surface area contributed by atoms with Crippen LogP contribution in [0.4, 0.5) is 10.1 Å². The fourth-order valence-corrected chi connectivity index (χ4v) is 2.49. The molecular weight excluding hydrogens is 261 g/mol. The fraction of sp³-hybridized carbons (Fsp3) is 0.357. The number of benzene rings is 1. The highest BCUT2D eigenvalue weighted by atomic mass is 32.2. The SMILES string of the molecule is CCC(C)n1ccc(CSc2ccc(N)cc2F)n1. The Hall–Kier alpha value is -1.49. The Balaban J connectivity index is 2.00. The van der Waals surface area contributed by atoms with Crippen LogP contribution in [-0.2, 0) is 5.75 Å². The van der Waals surface area contributed by atoms with Crippen molar-refractivity contribution in [3.05, 3.63) is 42.0 Å². The normalized spacial score (nSPS) is 12.6. The third-order valence-electron chi connectivity index (χ3n) is 3.04. The van der Waals surface area contributed by atoms with Crippen molar-refractivity contribution in [2.45, 2.75) is 37.0 Å². The molecule has 2 rings (SSSR count). The summed E-state index contributed by atoms with van der Waals surface area (Å²) >= 11 is 1.44. The van der Waals surface area contributed by atoms with Crippen molar-refractivity contribution >= 4 is 17.4 Å². The lowest BCUT2D eigenvalue weighted by Gasteiger charge is -2.08. The second kappa shape index (κ2) is 6.10. The Bertz CT molecular complexity index is 553. The van der Waals surface area contributed by atoms with Crippen molar-refractivity contribution in [2.24, 2.45) is 0 Å². The number of anilines is 1. The second-order valence-corrected chi connectivity index (χ2v) is 5.54. The zero-order valence-electron chi connectivity index (χ0n) is 11.1. The number of hydrogen-bond acceptors (Lipinski definition) is 3. The molecule has 0 aliphatic heterocycles. The summed E-state index contributed by atoms with van der Waals surface area (Å²) in [6.45, 7) is 4.26. The maximum absolute atomic E-state index is 13.6.